The number of aryl methyl sites for hydroxylation is 2. The van der Waals surface area contributed by atoms with Crippen molar-refractivity contribution in [3.63, 3.8) is 0 Å². The first-order valence-electron chi connectivity index (χ1n) is 6.07. The second kappa shape index (κ2) is 4.80. The minimum Gasteiger partial charge on any atom is -0.479 e. The molecule has 4 nitrogen and oxygen atoms in total. The van der Waals surface area contributed by atoms with Crippen molar-refractivity contribution in [1.82, 2.24) is 4.90 Å². The predicted molar refractivity (Wildman–Crippen MR) is 67.2 cm³/mol. The molecular weight excluding hydrogens is 230 g/mol. The number of aliphatic carboxylic acids is 1. The number of hydrogen-bond acceptors (Lipinski definition) is 2. The van der Waals surface area contributed by atoms with Gasteiger partial charge in [-0.25, -0.2) is 4.79 Å². The van der Waals surface area contributed by atoms with Gasteiger partial charge in [0.2, 0.25) is 6.41 Å². The maximum atomic E-state index is 11.5. The summed E-state index contributed by atoms with van der Waals surface area (Å²) in [6, 6.07) is 4.92. The van der Waals surface area contributed by atoms with Crippen molar-refractivity contribution >= 4 is 12.4 Å². The lowest BCUT2D eigenvalue weighted by molar-refractivity contribution is -0.147. The van der Waals surface area contributed by atoms with E-state index in [0.717, 1.165) is 24.0 Å². The number of carboxylic acids is 1. The van der Waals surface area contributed by atoms with E-state index >= 15 is 0 Å². The molecule has 0 aliphatic heterocycles. The third kappa shape index (κ3) is 2.37. The molecule has 1 aromatic rings. The Hall–Kier alpha value is -1.84. The van der Waals surface area contributed by atoms with Crippen LogP contribution < -0.4 is 0 Å². The highest BCUT2D eigenvalue weighted by atomic mass is 16.4. The fourth-order valence-electron chi connectivity index (χ4n) is 2.21. The molecule has 1 N–H and O–H groups in total. The third-order valence-corrected chi connectivity index (χ3v) is 3.35. The summed E-state index contributed by atoms with van der Waals surface area (Å²) < 4.78 is 0. The average Bonchev–Trinajstić information content (AvgIpc) is 3.13. The van der Waals surface area contributed by atoms with Crippen molar-refractivity contribution in [3.05, 3.63) is 34.9 Å². The number of rotatable bonds is 5. The zero-order valence-electron chi connectivity index (χ0n) is 10.6. The molecule has 18 heavy (non-hydrogen) atoms. The van der Waals surface area contributed by atoms with Crippen molar-refractivity contribution in [2.45, 2.75) is 38.8 Å². The van der Waals surface area contributed by atoms with E-state index in [4.69, 9.17) is 0 Å². The van der Waals surface area contributed by atoms with E-state index in [9.17, 15) is 14.7 Å². The van der Waals surface area contributed by atoms with E-state index in [1.54, 1.807) is 0 Å². The molecule has 1 aliphatic carbocycles. The van der Waals surface area contributed by atoms with Gasteiger partial charge in [0.25, 0.3) is 0 Å². The maximum absolute atomic E-state index is 11.5. The highest BCUT2D eigenvalue weighted by Gasteiger charge is 2.37. The number of carbonyl (C=O) groups is 2. The molecule has 2 rings (SSSR count). The fraction of sp³-hybridized carbons (Fsp3) is 0.429. The Bertz CT molecular complexity index is 480. The van der Waals surface area contributed by atoms with E-state index in [2.05, 4.69) is 0 Å². The topological polar surface area (TPSA) is 57.6 Å². The Labute approximate surface area is 106 Å². The second-order valence-electron chi connectivity index (χ2n) is 4.88. The van der Waals surface area contributed by atoms with Crippen LogP contribution in [0.25, 0.3) is 0 Å². The molecular formula is C14H17NO3. The number of nitrogens with zero attached hydrogens (tertiary/aromatic N) is 1. The molecule has 1 fully saturated rings. The van der Waals surface area contributed by atoms with E-state index in [1.165, 1.54) is 4.90 Å². The Kier molecular flexibility index (Phi) is 3.36. The number of benzene rings is 1. The fourth-order valence-corrected chi connectivity index (χ4v) is 2.21. The van der Waals surface area contributed by atoms with Crippen LogP contribution in [0.15, 0.2) is 18.2 Å². The first-order valence-corrected chi connectivity index (χ1v) is 6.07. The smallest absolute Gasteiger partial charge is 0.331 e. The van der Waals surface area contributed by atoms with Crippen LogP contribution in [0.2, 0.25) is 0 Å². The number of amides is 1. The molecule has 96 valence electrons. The Morgan fingerprint density at radius 1 is 1.44 bits per heavy atom. The van der Waals surface area contributed by atoms with Gasteiger partial charge in [0.15, 0.2) is 6.04 Å². The molecule has 0 bridgehead atoms. The summed E-state index contributed by atoms with van der Waals surface area (Å²) in [6.07, 6.45) is 2.46. The van der Waals surface area contributed by atoms with Gasteiger partial charge in [0, 0.05) is 6.04 Å². The van der Waals surface area contributed by atoms with E-state index in [-0.39, 0.29) is 6.04 Å². The molecule has 1 unspecified atom stereocenters. The van der Waals surface area contributed by atoms with Gasteiger partial charge in [-0.2, -0.15) is 0 Å². The van der Waals surface area contributed by atoms with Gasteiger partial charge < -0.3 is 10.0 Å². The standard InChI is InChI=1S/C14H17NO3/c1-9-3-4-10(2)12(7-9)13(14(17)18)15(8-16)11-5-6-11/h3-4,7-8,11,13H,5-6H2,1-2H3,(H,17,18). The quantitative estimate of drug-likeness (QED) is 0.810. The van der Waals surface area contributed by atoms with Crippen LogP contribution in [-0.4, -0.2) is 28.4 Å². The van der Waals surface area contributed by atoms with Gasteiger partial charge in [0.05, 0.1) is 0 Å². The highest BCUT2D eigenvalue weighted by molar-refractivity contribution is 5.79. The lowest BCUT2D eigenvalue weighted by Crippen LogP contribution is -2.35. The summed E-state index contributed by atoms with van der Waals surface area (Å²) in [5, 5.41) is 9.42. The van der Waals surface area contributed by atoms with Crippen molar-refractivity contribution in [3.8, 4) is 0 Å². The maximum Gasteiger partial charge on any atom is 0.331 e. The van der Waals surface area contributed by atoms with Crippen LogP contribution in [0.3, 0.4) is 0 Å². The van der Waals surface area contributed by atoms with Crippen LogP contribution in [-0.2, 0) is 9.59 Å². The largest absolute Gasteiger partial charge is 0.479 e. The lowest BCUT2D eigenvalue weighted by Gasteiger charge is -2.26. The molecule has 1 aromatic carbocycles. The van der Waals surface area contributed by atoms with Gasteiger partial charge in [-0.3, -0.25) is 4.79 Å². The van der Waals surface area contributed by atoms with Gasteiger partial charge in [0.1, 0.15) is 0 Å². The normalized spacial score (nSPS) is 16.1. The highest BCUT2D eigenvalue weighted by Crippen LogP contribution is 2.34. The Morgan fingerprint density at radius 3 is 2.61 bits per heavy atom. The molecule has 0 heterocycles. The summed E-state index contributed by atoms with van der Waals surface area (Å²) >= 11 is 0. The predicted octanol–water partition coefficient (Wildman–Crippen LogP) is 2.05. The van der Waals surface area contributed by atoms with E-state index in [0.29, 0.717) is 12.0 Å². The van der Waals surface area contributed by atoms with Crippen LogP contribution in [0, 0.1) is 13.8 Å². The SMILES string of the molecule is Cc1ccc(C)c(C(C(=O)O)N(C=O)C2CC2)c1. The molecule has 0 spiro atoms. The van der Waals surface area contributed by atoms with Crippen molar-refractivity contribution in [2.75, 3.05) is 0 Å². The van der Waals surface area contributed by atoms with Crippen LogP contribution >= 0.6 is 0 Å². The van der Waals surface area contributed by atoms with Gasteiger partial charge in [-0.15, -0.1) is 0 Å². The summed E-state index contributed by atoms with van der Waals surface area (Å²) in [6.45, 7) is 3.80. The van der Waals surface area contributed by atoms with E-state index in [1.807, 2.05) is 32.0 Å². The van der Waals surface area contributed by atoms with E-state index < -0.39 is 12.0 Å². The summed E-state index contributed by atoms with van der Waals surface area (Å²) in [7, 11) is 0. The molecule has 0 saturated heterocycles. The third-order valence-electron chi connectivity index (χ3n) is 3.35. The zero-order valence-corrected chi connectivity index (χ0v) is 10.6. The Morgan fingerprint density at radius 2 is 2.11 bits per heavy atom. The molecule has 0 radical (unpaired) electrons. The molecule has 1 saturated carbocycles. The number of carbonyl (C=O) groups excluding carboxylic acids is 1. The number of carboxylic acid groups (broad SMARTS) is 1. The van der Waals surface area contributed by atoms with Crippen LogP contribution in [0.4, 0.5) is 0 Å². The molecule has 1 amide bonds. The van der Waals surface area contributed by atoms with Crippen LogP contribution in [0.1, 0.15) is 35.6 Å². The zero-order chi connectivity index (χ0) is 13.3. The van der Waals surface area contributed by atoms with Gasteiger partial charge in [-0.05, 0) is 37.8 Å². The first kappa shape index (κ1) is 12.6. The van der Waals surface area contributed by atoms with Crippen molar-refractivity contribution in [2.24, 2.45) is 0 Å². The van der Waals surface area contributed by atoms with Crippen molar-refractivity contribution in [1.29, 1.82) is 0 Å². The minimum absolute atomic E-state index is 0.0866. The van der Waals surface area contributed by atoms with Crippen LogP contribution in [0.5, 0.6) is 0 Å². The molecule has 1 aliphatic rings. The average molecular weight is 247 g/mol. The summed E-state index contributed by atoms with van der Waals surface area (Å²) in [5.41, 5.74) is 2.62. The van der Waals surface area contributed by atoms with Gasteiger partial charge >= 0.3 is 5.97 Å². The first-order chi connectivity index (χ1) is 8.54. The summed E-state index contributed by atoms with van der Waals surface area (Å²) in [4.78, 5) is 24.1. The Balaban J connectivity index is 2.43. The number of hydrogen-bond donors (Lipinski definition) is 1. The lowest BCUT2D eigenvalue weighted by atomic mass is 9.98. The van der Waals surface area contributed by atoms with Gasteiger partial charge in [-0.1, -0.05) is 23.8 Å². The monoisotopic (exact) mass is 247 g/mol. The van der Waals surface area contributed by atoms with Crippen molar-refractivity contribution < 1.29 is 14.7 Å². The minimum atomic E-state index is -0.970. The summed E-state index contributed by atoms with van der Waals surface area (Å²) in [5.74, 6) is -0.970. The molecule has 0 aromatic heterocycles. The molecule has 4 heteroatoms. The second-order valence-corrected chi connectivity index (χ2v) is 4.88. The molecule has 1 atom stereocenters.